The smallest absolute Gasteiger partial charge is 0.130 e. The molecule has 9 heteroatoms. The number of allylic oxidation sites excluding steroid dienone is 2. The molecule has 160 valence electrons. The second-order valence-corrected chi connectivity index (χ2v) is 7.54. The molecule has 0 unspecified atom stereocenters. The van der Waals surface area contributed by atoms with Gasteiger partial charge in [0.1, 0.15) is 24.2 Å². The molecule has 0 amide bonds. The Morgan fingerprint density at radius 3 is 2.67 bits per heavy atom. The summed E-state index contributed by atoms with van der Waals surface area (Å²) in [7, 11) is 0. The largest absolute Gasteiger partial charge is 0.491 e. The minimum absolute atomic E-state index is 0.0775. The van der Waals surface area contributed by atoms with E-state index in [-0.39, 0.29) is 12.1 Å². The molecule has 0 saturated carbocycles. The number of amidine groups is 1. The fourth-order valence-corrected chi connectivity index (χ4v) is 3.41. The first-order chi connectivity index (χ1) is 14.4. The Kier molecular flexibility index (Phi) is 6.86. The predicted octanol–water partition coefficient (Wildman–Crippen LogP) is 1.55. The summed E-state index contributed by atoms with van der Waals surface area (Å²) in [5.74, 6) is 7.27. The number of hydrazine groups is 1. The monoisotopic (exact) mass is 410 g/mol. The number of ether oxygens (including phenoxy) is 1. The second-order valence-electron chi connectivity index (χ2n) is 7.54. The van der Waals surface area contributed by atoms with Crippen LogP contribution in [0.4, 0.5) is 0 Å². The van der Waals surface area contributed by atoms with Gasteiger partial charge < -0.3 is 19.9 Å². The van der Waals surface area contributed by atoms with Crippen molar-refractivity contribution in [1.82, 2.24) is 25.1 Å². The molecule has 3 rings (SSSR count). The number of rotatable bonds is 8. The molecular formula is C21H30N8O. The topological polar surface area (TPSA) is 120 Å². The van der Waals surface area contributed by atoms with Crippen LogP contribution in [-0.4, -0.2) is 50.7 Å². The van der Waals surface area contributed by atoms with Gasteiger partial charge in [-0.25, -0.2) is 4.99 Å². The highest BCUT2D eigenvalue weighted by molar-refractivity contribution is 5.95. The molecule has 1 aromatic rings. The van der Waals surface area contributed by atoms with Crippen LogP contribution in [-0.2, 0) is 4.74 Å². The van der Waals surface area contributed by atoms with E-state index in [2.05, 4.69) is 38.7 Å². The minimum Gasteiger partial charge on any atom is -0.491 e. The van der Waals surface area contributed by atoms with E-state index >= 15 is 0 Å². The van der Waals surface area contributed by atoms with Gasteiger partial charge >= 0.3 is 0 Å². The number of nitrogens with zero attached hydrogens (tertiary/aromatic N) is 5. The Morgan fingerprint density at radius 2 is 2.07 bits per heavy atom. The standard InChI is InChI=1S/C21H30N8O/c1-5-24-21(28-10-16(11-28)29-12-25-26-13-29)9-19(22)15(4)18-8-17(30-14(2)3)6-7-20(18)27-23/h5-6,8-9,12-14,16,20,27H,1,4,7,10-11,22-23H2,2-3H3/b19-9-,24-21?/t20-/m1/s1. The minimum atomic E-state index is -0.0918. The van der Waals surface area contributed by atoms with Gasteiger partial charge in [0, 0.05) is 31.1 Å². The molecule has 9 nitrogen and oxygen atoms in total. The predicted molar refractivity (Wildman–Crippen MR) is 118 cm³/mol. The van der Waals surface area contributed by atoms with E-state index in [4.69, 9.17) is 16.3 Å². The zero-order valence-electron chi connectivity index (χ0n) is 17.5. The molecule has 30 heavy (non-hydrogen) atoms. The van der Waals surface area contributed by atoms with Gasteiger partial charge in [0.15, 0.2) is 0 Å². The molecule has 0 bridgehead atoms. The summed E-state index contributed by atoms with van der Waals surface area (Å²) < 4.78 is 7.82. The van der Waals surface area contributed by atoms with Gasteiger partial charge in [-0.2, -0.15) is 0 Å². The maximum absolute atomic E-state index is 6.41. The molecule has 0 aromatic carbocycles. The Labute approximate surface area is 177 Å². The molecule has 1 aliphatic carbocycles. The number of hydrogen-bond acceptors (Lipinski definition) is 7. The summed E-state index contributed by atoms with van der Waals surface area (Å²) in [6.45, 7) is 13.5. The van der Waals surface area contributed by atoms with E-state index in [1.165, 1.54) is 6.20 Å². The van der Waals surface area contributed by atoms with E-state index in [1.807, 2.05) is 36.6 Å². The second kappa shape index (κ2) is 9.55. The first kappa shape index (κ1) is 21.5. The Bertz CT molecular complexity index is 888. The summed E-state index contributed by atoms with van der Waals surface area (Å²) in [6, 6.07) is 0.214. The molecule has 2 heterocycles. The van der Waals surface area contributed by atoms with E-state index in [1.54, 1.807) is 12.7 Å². The lowest BCUT2D eigenvalue weighted by molar-refractivity contribution is 0.155. The highest BCUT2D eigenvalue weighted by atomic mass is 16.5. The molecule has 2 aliphatic rings. The van der Waals surface area contributed by atoms with Gasteiger partial charge in [0.25, 0.3) is 0 Å². The van der Waals surface area contributed by atoms with Crippen LogP contribution in [0, 0.1) is 0 Å². The van der Waals surface area contributed by atoms with Crippen LogP contribution >= 0.6 is 0 Å². The van der Waals surface area contributed by atoms with Crippen molar-refractivity contribution in [2.75, 3.05) is 13.1 Å². The van der Waals surface area contributed by atoms with Crippen molar-refractivity contribution in [2.45, 2.75) is 38.5 Å². The molecule has 1 saturated heterocycles. The number of nitrogens with two attached hydrogens (primary N) is 2. The lowest BCUT2D eigenvalue weighted by Gasteiger charge is -2.41. The van der Waals surface area contributed by atoms with Crippen molar-refractivity contribution in [1.29, 1.82) is 0 Å². The zero-order chi connectivity index (χ0) is 21.7. The number of aromatic nitrogens is 3. The van der Waals surface area contributed by atoms with Crippen LogP contribution < -0.4 is 17.0 Å². The maximum Gasteiger partial charge on any atom is 0.130 e. The van der Waals surface area contributed by atoms with Crippen molar-refractivity contribution in [3.8, 4) is 0 Å². The molecule has 0 spiro atoms. The number of nitrogens with one attached hydrogen (secondary N) is 1. The summed E-state index contributed by atoms with van der Waals surface area (Å²) in [6.07, 6.45) is 11.5. The van der Waals surface area contributed by atoms with Gasteiger partial charge in [-0.15, -0.1) is 10.2 Å². The Morgan fingerprint density at radius 1 is 1.37 bits per heavy atom. The Hall–Kier alpha value is -3.17. The average molecular weight is 411 g/mol. The molecule has 1 aliphatic heterocycles. The first-order valence-electron chi connectivity index (χ1n) is 9.92. The number of likely N-dealkylation sites (tertiary alicyclic amines) is 1. The van der Waals surface area contributed by atoms with Gasteiger partial charge in [-0.1, -0.05) is 13.2 Å². The summed E-state index contributed by atoms with van der Waals surface area (Å²) in [5.41, 5.74) is 11.3. The normalized spacial score (nSPS) is 20.5. The lowest BCUT2D eigenvalue weighted by atomic mass is 9.91. The van der Waals surface area contributed by atoms with Crippen LogP contribution in [0.3, 0.4) is 0 Å². The molecule has 0 radical (unpaired) electrons. The van der Waals surface area contributed by atoms with Crippen molar-refractivity contribution in [3.63, 3.8) is 0 Å². The summed E-state index contributed by atoms with van der Waals surface area (Å²) in [4.78, 5) is 6.51. The zero-order valence-corrected chi connectivity index (χ0v) is 17.5. The molecule has 1 atom stereocenters. The SMILES string of the molecule is C=CN=C(/C=C(\N)C(=C)C1=CC(OC(C)C)=CC[C@H]1NN)N1CC(n2cnnc2)C1. The molecule has 1 fully saturated rings. The lowest BCUT2D eigenvalue weighted by Crippen LogP contribution is -2.50. The van der Waals surface area contributed by atoms with E-state index in [9.17, 15) is 0 Å². The van der Waals surface area contributed by atoms with Crippen LogP contribution in [0.15, 0.2) is 77.8 Å². The van der Waals surface area contributed by atoms with E-state index in [0.29, 0.717) is 23.7 Å². The van der Waals surface area contributed by atoms with Gasteiger partial charge in [0.05, 0.1) is 18.2 Å². The highest BCUT2D eigenvalue weighted by Crippen LogP contribution is 2.28. The fourth-order valence-electron chi connectivity index (χ4n) is 3.41. The van der Waals surface area contributed by atoms with E-state index < -0.39 is 0 Å². The third kappa shape index (κ3) is 4.87. The van der Waals surface area contributed by atoms with Gasteiger partial charge in [-0.3, -0.25) is 11.3 Å². The highest BCUT2D eigenvalue weighted by Gasteiger charge is 2.30. The van der Waals surface area contributed by atoms with Gasteiger partial charge in [-0.05, 0) is 43.6 Å². The number of hydrogen-bond donors (Lipinski definition) is 3. The Balaban J connectivity index is 1.75. The van der Waals surface area contributed by atoms with Crippen LogP contribution in [0.2, 0.25) is 0 Å². The van der Waals surface area contributed by atoms with Crippen molar-refractivity contribution in [2.24, 2.45) is 16.6 Å². The third-order valence-electron chi connectivity index (χ3n) is 5.05. The molecule has 5 N–H and O–H groups in total. The van der Waals surface area contributed by atoms with Crippen LogP contribution in [0.25, 0.3) is 0 Å². The van der Waals surface area contributed by atoms with Crippen molar-refractivity contribution in [3.05, 3.63) is 72.8 Å². The first-order valence-corrected chi connectivity index (χ1v) is 9.92. The quantitative estimate of drug-likeness (QED) is 0.195. The average Bonchev–Trinajstić information content (AvgIpc) is 3.20. The maximum atomic E-state index is 6.41. The van der Waals surface area contributed by atoms with Gasteiger partial charge in [0.2, 0.25) is 0 Å². The number of aliphatic imine (C=N–C) groups is 1. The van der Waals surface area contributed by atoms with Crippen LogP contribution in [0.5, 0.6) is 0 Å². The third-order valence-corrected chi connectivity index (χ3v) is 5.05. The van der Waals surface area contributed by atoms with E-state index in [0.717, 1.165) is 30.3 Å². The molecule has 1 aromatic heterocycles. The summed E-state index contributed by atoms with van der Waals surface area (Å²) in [5, 5.41) is 7.72. The van der Waals surface area contributed by atoms with Crippen LogP contribution in [0.1, 0.15) is 26.3 Å². The molecular weight excluding hydrogens is 380 g/mol. The fraction of sp³-hybridized carbons (Fsp3) is 0.381. The van der Waals surface area contributed by atoms with Crippen molar-refractivity contribution >= 4 is 5.84 Å². The summed E-state index contributed by atoms with van der Waals surface area (Å²) >= 11 is 0. The van der Waals surface area contributed by atoms with Crippen molar-refractivity contribution < 1.29 is 4.74 Å².